The van der Waals surface area contributed by atoms with Gasteiger partial charge in [-0.3, -0.25) is 29.5 Å². The lowest BCUT2D eigenvalue weighted by Gasteiger charge is -2.25. The number of anilines is 1. The summed E-state index contributed by atoms with van der Waals surface area (Å²) in [6.45, 7) is -0.332. The highest BCUT2D eigenvalue weighted by Gasteiger charge is 2.55. The van der Waals surface area contributed by atoms with Crippen molar-refractivity contribution in [3.63, 3.8) is 0 Å². The zero-order chi connectivity index (χ0) is 27.1. The minimum atomic E-state index is -1.03. The van der Waals surface area contributed by atoms with Crippen LogP contribution in [-0.2, 0) is 14.4 Å². The fraction of sp³-hybridized carbons (Fsp3) is 0.185. The first kappa shape index (κ1) is 24.1. The lowest BCUT2D eigenvalue weighted by atomic mass is 9.98. The van der Waals surface area contributed by atoms with Crippen LogP contribution in [0.1, 0.15) is 23.6 Å². The molecule has 3 atom stereocenters. The molecule has 3 aromatic carbocycles. The monoisotopic (exact) mass is 523 g/mol. The molecule has 12 nitrogen and oxygen atoms in total. The Balaban J connectivity index is 1.26. The third-order valence-corrected chi connectivity index (χ3v) is 6.93. The van der Waals surface area contributed by atoms with Gasteiger partial charge in [-0.25, -0.2) is 9.91 Å². The minimum Gasteiger partial charge on any atom is -0.271 e. The van der Waals surface area contributed by atoms with Crippen LogP contribution in [0.4, 0.5) is 11.4 Å². The van der Waals surface area contributed by atoms with Crippen LogP contribution in [-0.4, -0.2) is 57.0 Å². The first-order valence-corrected chi connectivity index (χ1v) is 12.2. The van der Waals surface area contributed by atoms with E-state index in [1.807, 2.05) is 30.3 Å². The van der Waals surface area contributed by atoms with Gasteiger partial charge in [0.2, 0.25) is 0 Å². The van der Waals surface area contributed by atoms with Gasteiger partial charge in [0.15, 0.2) is 12.1 Å². The molecule has 3 amide bonds. The van der Waals surface area contributed by atoms with E-state index >= 15 is 0 Å². The highest BCUT2D eigenvalue weighted by molar-refractivity contribution is 6.25. The Morgan fingerprint density at radius 2 is 1.59 bits per heavy atom. The van der Waals surface area contributed by atoms with Gasteiger partial charge in [0.1, 0.15) is 6.54 Å². The molecule has 3 aliphatic rings. The smallest absolute Gasteiger partial charge is 0.269 e. The van der Waals surface area contributed by atoms with Crippen LogP contribution in [0.3, 0.4) is 0 Å². The average Bonchev–Trinajstić information content (AvgIpc) is 3.65. The summed E-state index contributed by atoms with van der Waals surface area (Å²) in [6, 6.07) is 21.3. The predicted octanol–water partition coefficient (Wildman–Crippen LogP) is 3.27. The maximum absolute atomic E-state index is 13.6. The van der Waals surface area contributed by atoms with E-state index in [1.165, 1.54) is 22.2 Å². The van der Waals surface area contributed by atoms with Crippen LogP contribution < -0.4 is 4.90 Å². The molecular weight excluding hydrogens is 502 g/mol. The lowest BCUT2D eigenvalue weighted by Crippen LogP contribution is -2.44. The summed E-state index contributed by atoms with van der Waals surface area (Å²) in [5.41, 5.74) is 2.56. The van der Waals surface area contributed by atoms with Crippen LogP contribution in [0.15, 0.2) is 100 Å². The van der Waals surface area contributed by atoms with Gasteiger partial charge in [0, 0.05) is 18.6 Å². The number of hydrogen-bond donors (Lipinski definition) is 0. The molecule has 3 aromatic rings. The number of benzene rings is 3. The van der Waals surface area contributed by atoms with Crippen LogP contribution >= 0.6 is 0 Å². The molecule has 1 fully saturated rings. The van der Waals surface area contributed by atoms with E-state index in [2.05, 4.69) is 15.4 Å². The summed E-state index contributed by atoms with van der Waals surface area (Å²) >= 11 is 0. The number of rotatable bonds is 6. The molecule has 12 heteroatoms. The van der Waals surface area contributed by atoms with Gasteiger partial charge in [-0.05, 0) is 23.3 Å². The second-order valence-electron chi connectivity index (χ2n) is 9.26. The number of amides is 3. The quantitative estimate of drug-likeness (QED) is 0.276. The molecule has 194 valence electrons. The van der Waals surface area contributed by atoms with E-state index in [9.17, 15) is 24.5 Å². The van der Waals surface area contributed by atoms with Gasteiger partial charge in [-0.2, -0.15) is 10.2 Å². The van der Waals surface area contributed by atoms with Gasteiger partial charge in [-0.15, -0.1) is 0 Å². The average molecular weight is 524 g/mol. The lowest BCUT2D eigenvalue weighted by molar-refractivity contribution is -0.384. The number of nitro benzene ring substituents is 1. The van der Waals surface area contributed by atoms with Crippen molar-refractivity contribution in [1.29, 1.82) is 0 Å². The summed E-state index contributed by atoms with van der Waals surface area (Å²) in [4.78, 5) is 51.6. The van der Waals surface area contributed by atoms with E-state index in [0.717, 1.165) is 10.5 Å². The highest BCUT2D eigenvalue weighted by Crippen LogP contribution is 2.35. The van der Waals surface area contributed by atoms with Gasteiger partial charge in [0.05, 0.1) is 22.4 Å². The standard InChI is InChI=1S/C27H21N7O5/c35-23(16-31-25-24(28-30-31)26(36)32(27(25)37)19-9-5-2-6-10-19)33-22(18-11-13-20(14-12-18)34(38)39)15-21(29-33)17-7-3-1-4-8-17/h1-14,22,24-25H,15-16H2/t22-,24-,25-/m1/s1. The molecule has 0 bridgehead atoms. The molecule has 0 unspecified atom stereocenters. The molecule has 3 aliphatic heterocycles. The van der Waals surface area contributed by atoms with Gasteiger partial charge < -0.3 is 0 Å². The summed E-state index contributed by atoms with van der Waals surface area (Å²) in [7, 11) is 0. The van der Waals surface area contributed by atoms with Crippen molar-refractivity contribution in [2.24, 2.45) is 15.4 Å². The van der Waals surface area contributed by atoms with Gasteiger partial charge >= 0.3 is 0 Å². The molecule has 0 radical (unpaired) electrons. The van der Waals surface area contributed by atoms with Crippen molar-refractivity contribution in [3.8, 4) is 0 Å². The van der Waals surface area contributed by atoms with E-state index in [1.54, 1.807) is 42.5 Å². The summed E-state index contributed by atoms with van der Waals surface area (Å²) in [6.07, 6.45) is 0.389. The van der Waals surface area contributed by atoms with E-state index in [-0.39, 0.29) is 12.2 Å². The molecule has 0 aromatic heterocycles. The summed E-state index contributed by atoms with van der Waals surface area (Å²) in [5.74, 6) is -1.46. The molecule has 39 heavy (non-hydrogen) atoms. The van der Waals surface area contributed by atoms with Crippen molar-refractivity contribution in [3.05, 3.63) is 106 Å². The number of non-ortho nitro benzene ring substituents is 1. The van der Waals surface area contributed by atoms with Crippen molar-refractivity contribution < 1.29 is 19.3 Å². The Morgan fingerprint density at radius 3 is 2.26 bits per heavy atom. The van der Waals surface area contributed by atoms with Crippen molar-refractivity contribution in [2.45, 2.75) is 24.5 Å². The number of hydrogen-bond acceptors (Lipinski definition) is 9. The third kappa shape index (κ3) is 4.21. The van der Waals surface area contributed by atoms with Crippen LogP contribution in [0.5, 0.6) is 0 Å². The Kier molecular flexibility index (Phi) is 5.91. The maximum Gasteiger partial charge on any atom is 0.269 e. The molecule has 0 aliphatic carbocycles. The number of hydrazone groups is 1. The molecule has 3 heterocycles. The van der Waals surface area contributed by atoms with E-state index in [4.69, 9.17) is 0 Å². The summed E-state index contributed by atoms with van der Waals surface area (Å²) in [5, 5.41) is 26.3. The fourth-order valence-corrected chi connectivity index (χ4v) is 5.02. The Bertz CT molecular complexity index is 1530. The largest absolute Gasteiger partial charge is 0.271 e. The molecule has 0 spiro atoms. The summed E-state index contributed by atoms with van der Waals surface area (Å²) < 4.78 is 0. The van der Waals surface area contributed by atoms with Crippen LogP contribution in [0.2, 0.25) is 0 Å². The number of carbonyl (C=O) groups is 3. The van der Waals surface area contributed by atoms with E-state index < -0.39 is 40.8 Å². The normalized spacial score (nSPS) is 21.9. The number of nitrogens with zero attached hydrogens (tertiary/aromatic N) is 7. The first-order valence-electron chi connectivity index (χ1n) is 12.2. The molecular formula is C27H21N7O5. The van der Waals surface area contributed by atoms with Gasteiger partial charge in [0.25, 0.3) is 23.4 Å². The number of nitro groups is 1. The number of carbonyl (C=O) groups excluding carboxylic acids is 3. The number of para-hydroxylation sites is 1. The topological polar surface area (TPSA) is 141 Å². The highest BCUT2D eigenvalue weighted by atomic mass is 16.6. The van der Waals surface area contributed by atoms with Crippen molar-refractivity contribution >= 4 is 34.8 Å². The van der Waals surface area contributed by atoms with Crippen molar-refractivity contribution in [1.82, 2.24) is 10.0 Å². The zero-order valence-corrected chi connectivity index (χ0v) is 20.4. The van der Waals surface area contributed by atoms with Gasteiger partial charge in [-0.1, -0.05) is 65.9 Å². The molecule has 6 rings (SSSR count). The fourth-order valence-electron chi connectivity index (χ4n) is 5.02. The van der Waals surface area contributed by atoms with Crippen LogP contribution in [0, 0.1) is 10.1 Å². The second-order valence-corrected chi connectivity index (χ2v) is 9.26. The third-order valence-electron chi connectivity index (χ3n) is 6.93. The SMILES string of the molecule is O=C1[C@@H]2N=NN(CC(=O)N3N=C(c4ccccc4)C[C@@H]3c3ccc([N+](=O)[O-])cc3)[C@H]2C(=O)N1c1ccccc1. The molecule has 0 N–H and O–H groups in total. The second kappa shape index (κ2) is 9.56. The Hall–Kier alpha value is -5.26. The first-order chi connectivity index (χ1) is 18.9. The van der Waals surface area contributed by atoms with E-state index in [0.29, 0.717) is 23.4 Å². The van der Waals surface area contributed by atoms with Crippen LogP contribution in [0.25, 0.3) is 0 Å². The maximum atomic E-state index is 13.6. The molecule has 1 saturated heterocycles. The Morgan fingerprint density at radius 1 is 0.923 bits per heavy atom. The Labute approximate surface area is 222 Å². The predicted molar refractivity (Wildman–Crippen MR) is 138 cm³/mol. The molecule has 0 saturated carbocycles. The van der Waals surface area contributed by atoms with Crippen molar-refractivity contribution in [2.75, 3.05) is 11.4 Å². The number of imide groups is 1. The zero-order valence-electron chi connectivity index (χ0n) is 20.4. The number of fused-ring (bicyclic) bond motifs is 1. The minimum absolute atomic E-state index is 0.0604.